The minimum Gasteiger partial charge on any atom is -0.504 e. The van der Waals surface area contributed by atoms with E-state index in [0.717, 1.165) is 0 Å². The number of nitrogens with one attached hydrogen (secondary N) is 3. The molecule has 4 aromatic rings. The fourth-order valence-corrected chi connectivity index (χ4v) is 6.84. The van der Waals surface area contributed by atoms with Crippen molar-refractivity contribution in [3.05, 3.63) is 107 Å². The minimum atomic E-state index is -1.27. The topological polar surface area (TPSA) is 202 Å². The number of pyridine rings is 1. The molecule has 53 heavy (non-hydrogen) atoms. The molecule has 2 saturated heterocycles. The lowest BCUT2D eigenvalue weighted by Gasteiger charge is -2.44. The number of aromatic hydroxyl groups is 1. The number of carbonyl (C=O) groups is 2. The number of hydrogen-bond donors (Lipinski definition) is 5. The van der Waals surface area contributed by atoms with Gasteiger partial charge in [0, 0.05) is 23.3 Å². The molecule has 2 aliphatic rings. The summed E-state index contributed by atoms with van der Waals surface area (Å²) in [5.74, 6) is -1.15. The third-order valence-corrected chi connectivity index (χ3v) is 9.38. The lowest BCUT2D eigenvalue weighted by Crippen LogP contribution is -2.50. The molecule has 270 valence electrons. The van der Waals surface area contributed by atoms with Gasteiger partial charge in [-0.2, -0.15) is 10.5 Å². The highest BCUT2D eigenvalue weighted by molar-refractivity contribution is 5.91. The lowest BCUT2D eigenvalue weighted by molar-refractivity contribution is -0.132. The van der Waals surface area contributed by atoms with Crippen molar-refractivity contribution < 1.29 is 38.5 Å². The van der Waals surface area contributed by atoms with E-state index in [1.165, 1.54) is 31.4 Å². The van der Waals surface area contributed by atoms with Gasteiger partial charge in [0.1, 0.15) is 18.5 Å². The number of ether oxygens (including phenoxy) is 2. The van der Waals surface area contributed by atoms with Gasteiger partial charge >= 0.3 is 6.09 Å². The number of amides is 2. The molecule has 2 fully saturated rings. The number of nitrogens with zero attached hydrogens (tertiary/aromatic N) is 3. The quantitative estimate of drug-likeness (QED) is 0.0727. The molecular weight excluding hydrogens is 683 g/mol. The second kappa shape index (κ2) is 15.9. The van der Waals surface area contributed by atoms with Crippen LogP contribution < -0.4 is 20.9 Å². The molecule has 2 atom stereocenters. The molecule has 14 heteroatoms. The summed E-state index contributed by atoms with van der Waals surface area (Å²) in [7, 11) is 1.42. The third kappa shape index (κ3) is 7.95. The van der Waals surface area contributed by atoms with Crippen molar-refractivity contribution in [1.29, 1.82) is 10.5 Å². The fourth-order valence-electron chi connectivity index (χ4n) is 6.84. The van der Waals surface area contributed by atoms with E-state index in [1.807, 2.05) is 6.07 Å². The first-order chi connectivity index (χ1) is 25.7. The monoisotopic (exact) mass is 718 g/mol. The molecule has 1 aromatic heterocycles. The van der Waals surface area contributed by atoms with E-state index in [2.05, 4.69) is 22.2 Å². The lowest BCUT2D eigenvalue weighted by atomic mass is 9.65. The molecule has 5 N–H and O–H groups in total. The highest BCUT2D eigenvalue weighted by atomic mass is 19.1. The standard InChI is InChI=1S/C39H35FN6O7/c1-51-32-10-9-25(19-31(32)47)29-21-44-37(28(12-15-41)35(29)26-7-8-27(20-42)30(40)18-26)39(13-16-43-17-14-39)36(45-38(49)50)24-5-2-23(3-6-24)4-11-33(48)46-53-34-22-52-34/h2-11,18-19,21,34,36,43,45,47H,12-14,16-17,22H2,1H3,(H,46,48)(H,49,50)/b11-4+. The van der Waals surface area contributed by atoms with E-state index in [0.29, 0.717) is 77.2 Å². The Morgan fingerprint density at radius 3 is 2.49 bits per heavy atom. The maximum atomic E-state index is 15.3. The first-order valence-electron chi connectivity index (χ1n) is 16.7. The molecule has 0 bridgehead atoms. The molecule has 3 heterocycles. The highest BCUT2D eigenvalue weighted by Gasteiger charge is 2.46. The van der Waals surface area contributed by atoms with Crippen LogP contribution in [0.4, 0.5) is 9.18 Å². The summed E-state index contributed by atoms with van der Waals surface area (Å²) in [5, 5.41) is 46.7. The molecule has 6 rings (SSSR count). The van der Waals surface area contributed by atoms with Gasteiger partial charge in [0.25, 0.3) is 5.91 Å². The predicted octanol–water partition coefficient (Wildman–Crippen LogP) is 5.25. The van der Waals surface area contributed by atoms with Crippen molar-refractivity contribution in [3.63, 3.8) is 0 Å². The van der Waals surface area contributed by atoms with Crippen molar-refractivity contribution in [2.75, 3.05) is 26.8 Å². The molecule has 0 radical (unpaired) electrons. The summed E-state index contributed by atoms with van der Waals surface area (Å²) < 4.78 is 25.4. The van der Waals surface area contributed by atoms with Crippen molar-refractivity contribution >= 4 is 18.1 Å². The SMILES string of the molecule is COc1ccc(-c2cnc(C3(C(NC(=O)O)c4ccc(/C=C/C(=O)NOC5CO5)cc4)CCNCC3)c(CC#N)c2-c2ccc(C#N)c(F)c2)cc1O. The zero-order valence-corrected chi connectivity index (χ0v) is 28.6. The number of nitriles is 2. The first-order valence-corrected chi connectivity index (χ1v) is 16.7. The number of phenolic OH excluding ortho intramolecular Hbond substituents is 1. The van der Waals surface area contributed by atoms with Crippen LogP contribution in [0.2, 0.25) is 0 Å². The summed E-state index contributed by atoms with van der Waals surface area (Å²) in [6.07, 6.45) is 3.42. The van der Waals surface area contributed by atoms with Gasteiger partial charge in [0.15, 0.2) is 11.5 Å². The van der Waals surface area contributed by atoms with Crippen LogP contribution in [0.25, 0.3) is 28.3 Å². The smallest absolute Gasteiger partial charge is 0.405 e. The molecule has 13 nitrogen and oxygen atoms in total. The zero-order valence-electron chi connectivity index (χ0n) is 28.6. The fraction of sp³-hybridized carbons (Fsp3) is 0.256. The largest absolute Gasteiger partial charge is 0.504 e. The Hall–Kier alpha value is -6.32. The Kier molecular flexibility index (Phi) is 11.0. The third-order valence-electron chi connectivity index (χ3n) is 9.38. The Morgan fingerprint density at radius 1 is 1.13 bits per heavy atom. The van der Waals surface area contributed by atoms with Gasteiger partial charge in [-0.25, -0.2) is 19.5 Å². The van der Waals surface area contributed by atoms with Gasteiger partial charge in [0.05, 0.1) is 36.9 Å². The molecule has 3 aromatic carbocycles. The van der Waals surface area contributed by atoms with Crippen LogP contribution in [0.15, 0.2) is 72.9 Å². The summed E-state index contributed by atoms with van der Waals surface area (Å²) in [6, 6.07) is 19.2. The second-order valence-electron chi connectivity index (χ2n) is 12.5. The van der Waals surface area contributed by atoms with E-state index in [-0.39, 0.29) is 23.5 Å². The number of hydroxylamine groups is 1. The molecule has 2 aliphatic heterocycles. The van der Waals surface area contributed by atoms with E-state index in [4.69, 9.17) is 19.3 Å². The molecule has 0 spiro atoms. The van der Waals surface area contributed by atoms with E-state index >= 15 is 4.39 Å². The number of benzene rings is 3. The Labute approximate surface area is 304 Å². The zero-order chi connectivity index (χ0) is 37.5. The second-order valence-corrected chi connectivity index (χ2v) is 12.5. The van der Waals surface area contributed by atoms with Gasteiger partial charge in [-0.1, -0.05) is 36.4 Å². The summed E-state index contributed by atoms with van der Waals surface area (Å²) in [5.41, 5.74) is 5.11. The molecule has 2 amide bonds. The van der Waals surface area contributed by atoms with Crippen LogP contribution in [-0.4, -0.2) is 60.3 Å². The maximum Gasteiger partial charge on any atom is 0.405 e. The number of methoxy groups -OCH3 is 1. The van der Waals surface area contributed by atoms with Crippen molar-refractivity contribution in [2.45, 2.75) is 37.0 Å². The Bertz CT molecular complexity index is 2130. The minimum absolute atomic E-state index is 0.145. The number of rotatable bonds is 12. The van der Waals surface area contributed by atoms with Crippen LogP contribution in [0.3, 0.4) is 0 Å². The van der Waals surface area contributed by atoms with Crippen LogP contribution in [-0.2, 0) is 26.2 Å². The van der Waals surface area contributed by atoms with Crippen LogP contribution in [0, 0.1) is 28.5 Å². The maximum absolute atomic E-state index is 15.3. The van der Waals surface area contributed by atoms with Gasteiger partial charge < -0.3 is 30.3 Å². The number of piperidine rings is 1. The van der Waals surface area contributed by atoms with Crippen molar-refractivity contribution in [3.8, 4) is 45.9 Å². The Balaban J connectivity index is 1.52. The molecule has 0 saturated carbocycles. The van der Waals surface area contributed by atoms with Crippen molar-refractivity contribution in [2.24, 2.45) is 0 Å². The average Bonchev–Trinajstić information content (AvgIpc) is 4.00. The summed E-state index contributed by atoms with van der Waals surface area (Å²) in [4.78, 5) is 34.6. The van der Waals surface area contributed by atoms with Crippen molar-refractivity contribution in [1.82, 2.24) is 21.1 Å². The number of carbonyl (C=O) groups excluding carboxylic acids is 1. The predicted molar refractivity (Wildman–Crippen MR) is 189 cm³/mol. The molecule has 0 aliphatic carbocycles. The van der Waals surface area contributed by atoms with Crippen LogP contribution in [0.1, 0.15) is 46.8 Å². The van der Waals surface area contributed by atoms with Gasteiger partial charge in [0.2, 0.25) is 6.29 Å². The van der Waals surface area contributed by atoms with Crippen LogP contribution >= 0.6 is 0 Å². The van der Waals surface area contributed by atoms with E-state index < -0.39 is 35.6 Å². The van der Waals surface area contributed by atoms with E-state index in [9.17, 15) is 30.3 Å². The Morgan fingerprint density at radius 2 is 1.87 bits per heavy atom. The molecular formula is C39H35FN6O7. The summed E-state index contributed by atoms with van der Waals surface area (Å²) in [6.45, 7) is 1.42. The number of phenols is 1. The van der Waals surface area contributed by atoms with Gasteiger partial charge in [-0.3, -0.25) is 9.78 Å². The number of carboxylic acid groups (broad SMARTS) is 1. The summed E-state index contributed by atoms with van der Waals surface area (Å²) >= 11 is 0. The number of hydrogen-bond acceptors (Lipinski definition) is 10. The first kappa shape index (κ1) is 36.5. The highest BCUT2D eigenvalue weighted by Crippen LogP contribution is 2.49. The normalized spacial score (nSPS) is 16.6. The van der Waals surface area contributed by atoms with E-state index in [1.54, 1.807) is 54.7 Å². The number of aromatic nitrogens is 1. The van der Waals surface area contributed by atoms with Crippen LogP contribution in [0.5, 0.6) is 11.5 Å². The number of halogens is 1. The number of epoxide rings is 1. The van der Waals surface area contributed by atoms with Gasteiger partial charge in [-0.05, 0) is 89.7 Å². The van der Waals surface area contributed by atoms with Gasteiger partial charge in [-0.15, -0.1) is 0 Å². The molecule has 2 unspecified atom stereocenters. The average molecular weight is 719 g/mol.